The van der Waals surface area contributed by atoms with Crippen molar-refractivity contribution in [2.24, 2.45) is 0 Å². The number of aromatic nitrogens is 3. The van der Waals surface area contributed by atoms with Gasteiger partial charge in [0.1, 0.15) is 11.4 Å². The molecule has 0 bridgehead atoms. The number of nitrogens with one attached hydrogen (secondary N) is 1. The SMILES string of the molecule is CC1(C)NC(=O)N(CCSc2nnc(C3CC3)n2Cc2ccccc2)C1=O. The van der Waals surface area contributed by atoms with Crippen LogP contribution < -0.4 is 5.32 Å². The van der Waals surface area contributed by atoms with E-state index in [4.69, 9.17) is 0 Å². The van der Waals surface area contributed by atoms with Crippen LogP contribution in [0, 0.1) is 0 Å². The molecule has 27 heavy (non-hydrogen) atoms. The maximum atomic E-state index is 12.3. The Labute approximate surface area is 162 Å². The monoisotopic (exact) mass is 385 g/mol. The van der Waals surface area contributed by atoms with Crippen molar-refractivity contribution in [2.45, 2.75) is 49.8 Å². The summed E-state index contributed by atoms with van der Waals surface area (Å²) < 4.78 is 2.17. The Morgan fingerprint density at radius 3 is 2.56 bits per heavy atom. The van der Waals surface area contributed by atoms with Gasteiger partial charge in [-0.05, 0) is 32.3 Å². The number of urea groups is 1. The number of hydrogen-bond donors (Lipinski definition) is 1. The van der Waals surface area contributed by atoms with Crippen LogP contribution in [0.15, 0.2) is 35.5 Å². The van der Waals surface area contributed by atoms with Crippen molar-refractivity contribution in [3.8, 4) is 0 Å². The number of rotatable bonds is 7. The highest BCUT2D eigenvalue weighted by atomic mass is 32.2. The number of hydrogen-bond acceptors (Lipinski definition) is 5. The Morgan fingerprint density at radius 1 is 1.19 bits per heavy atom. The first kappa shape index (κ1) is 18.0. The van der Waals surface area contributed by atoms with Gasteiger partial charge in [-0.1, -0.05) is 42.1 Å². The molecule has 2 aromatic rings. The summed E-state index contributed by atoms with van der Waals surface area (Å²) in [5, 5.41) is 12.3. The lowest BCUT2D eigenvalue weighted by Gasteiger charge is -2.15. The minimum atomic E-state index is -0.825. The lowest BCUT2D eigenvalue weighted by Crippen LogP contribution is -2.40. The largest absolute Gasteiger partial charge is 0.325 e. The Hall–Kier alpha value is -2.35. The number of benzene rings is 1. The van der Waals surface area contributed by atoms with Crippen LogP contribution in [0.25, 0.3) is 0 Å². The average Bonchev–Trinajstić information content (AvgIpc) is 3.37. The molecule has 2 aliphatic rings. The third-order valence-electron chi connectivity index (χ3n) is 4.86. The van der Waals surface area contributed by atoms with E-state index in [0.29, 0.717) is 18.2 Å². The second-order valence-corrected chi connectivity index (χ2v) is 8.61. The van der Waals surface area contributed by atoms with Gasteiger partial charge in [0.05, 0.1) is 6.54 Å². The molecule has 7 nitrogen and oxygen atoms in total. The van der Waals surface area contributed by atoms with Gasteiger partial charge in [0, 0.05) is 18.2 Å². The molecule has 1 N–H and O–H groups in total. The Kier molecular flexibility index (Phi) is 4.67. The number of thioether (sulfide) groups is 1. The number of nitrogens with zero attached hydrogens (tertiary/aromatic N) is 4. The standard InChI is InChI=1S/C19H23N5O2S/c1-19(2)16(25)23(17(26)20-19)10-11-27-18-22-21-15(14-8-9-14)24(18)12-13-6-4-3-5-7-13/h3-7,14H,8-12H2,1-2H3,(H,20,26). The summed E-state index contributed by atoms with van der Waals surface area (Å²) in [5.74, 6) is 1.95. The molecule has 3 amide bonds. The van der Waals surface area contributed by atoms with E-state index in [1.807, 2.05) is 18.2 Å². The van der Waals surface area contributed by atoms with Crippen LogP contribution in [0.5, 0.6) is 0 Å². The zero-order valence-corrected chi connectivity index (χ0v) is 16.3. The molecule has 0 atom stereocenters. The summed E-state index contributed by atoms with van der Waals surface area (Å²) in [6.45, 7) is 4.53. The smallest absolute Gasteiger partial charge is 0.324 e. The van der Waals surface area contributed by atoms with E-state index in [1.54, 1.807) is 13.8 Å². The van der Waals surface area contributed by atoms with E-state index < -0.39 is 5.54 Å². The summed E-state index contributed by atoms with van der Waals surface area (Å²) in [5.41, 5.74) is 0.380. The summed E-state index contributed by atoms with van der Waals surface area (Å²) >= 11 is 1.54. The molecule has 0 spiro atoms. The fourth-order valence-electron chi connectivity index (χ4n) is 3.21. The van der Waals surface area contributed by atoms with Crippen molar-refractivity contribution < 1.29 is 9.59 Å². The van der Waals surface area contributed by atoms with E-state index in [2.05, 4.69) is 32.2 Å². The van der Waals surface area contributed by atoms with Crippen LogP contribution >= 0.6 is 11.8 Å². The molecule has 1 aliphatic heterocycles. The third-order valence-corrected chi connectivity index (χ3v) is 5.81. The normalized spacial score (nSPS) is 18.8. The van der Waals surface area contributed by atoms with Crippen molar-refractivity contribution in [3.63, 3.8) is 0 Å². The molecule has 1 aromatic heterocycles. The lowest BCUT2D eigenvalue weighted by atomic mass is 10.1. The van der Waals surface area contributed by atoms with Crippen LogP contribution in [-0.2, 0) is 11.3 Å². The Morgan fingerprint density at radius 2 is 1.93 bits per heavy atom. The molecule has 2 heterocycles. The van der Waals surface area contributed by atoms with Gasteiger partial charge in [-0.25, -0.2) is 4.79 Å². The van der Waals surface area contributed by atoms with Crippen molar-refractivity contribution >= 4 is 23.7 Å². The molecule has 0 unspecified atom stereocenters. The van der Waals surface area contributed by atoms with Crippen LogP contribution in [0.4, 0.5) is 4.79 Å². The quantitative estimate of drug-likeness (QED) is 0.585. The summed E-state index contributed by atoms with van der Waals surface area (Å²) in [6, 6.07) is 9.94. The van der Waals surface area contributed by atoms with E-state index in [0.717, 1.165) is 30.4 Å². The molecule has 1 saturated carbocycles. The highest BCUT2D eigenvalue weighted by Crippen LogP contribution is 2.40. The minimum absolute atomic E-state index is 0.183. The van der Waals surface area contributed by atoms with E-state index in [-0.39, 0.29) is 11.9 Å². The van der Waals surface area contributed by atoms with Gasteiger partial charge in [0.15, 0.2) is 5.16 Å². The fraction of sp³-hybridized carbons (Fsp3) is 0.474. The van der Waals surface area contributed by atoms with E-state index in [9.17, 15) is 9.59 Å². The Balaban J connectivity index is 1.45. The maximum absolute atomic E-state index is 12.3. The minimum Gasteiger partial charge on any atom is -0.324 e. The van der Waals surface area contributed by atoms with Crippen molar-refractivity contribution in [1.29, 1.82) is 0 Å². The second-order valence-electron chi connectivity index (χ2n) is 7.55. The maximum Gasteiger partial charge on any atom is 0.325 e. The van der Waals surface area contributed by atoms with Gasteiger partial charge in [-0.2, -0.15) is 0 Å². The fourth-order valence-corrected chi connectivity index (χ4v) is 4.08. The van der Waals surface area contributed by atoms with Crippen LogP contribution in [0.1, 0.15) is 44.0 Å². The van der Waals surface area contributed by atoms with Crippen LogP contribution in [0.2, 0.25) is 0 Å². The van der Waals surface area contributed by atoms with Gasteiger partial charge in [-0.3, -0.25) is 9.69 Å². The third kappa shape index (κ3) is 3.71. The molecule has 1 aromatic carbocycles. The van der Waals surface area contributed by atoms with Crippen molar-refractivity contribution in [3.05, 3.63) is 41.7 Å². The summed E-state index contributed by atoms with van der Waals surface area (Å²) in [7, 11) is 0. The molecule has 1 saturated heterocycles. The molecule has 2 fully saturated rings. The van der Waals surface area contributed by atoms with E-state index >= 15 is 0 Å². The predicted octanol–water partition coefficient (Wildman–Crippen LogP) is 2.63. The number of carbonyl (C=O) groups is 2. The number of amides is 3. The molecule has 4 rings (SSSR count). The van der Waals surface area contributed by atoms with Crippen molar-refractivity contribution in [2.75, 3.05) is 12.3 Å². The van der Waals surface area contributed by atoms with Gasteiger partial charge < -0.3 is 9.88 Å². The zero-order chi connectivity index (χ0) is 19.0. The van der Waals surface area contributed by atoms with Gasteiger partial charge in [0.2, 0.25) is 0 Å². The van der Waals surface area contributed by atoms with Crippen molar-refractivity contribution in [1.82, 2.24) is 25.0 Å². The molecule has 142 valence electrons. The number of imide groups is 1. The summed E-state index contributed by atoms with van der Waals surface area (Å²) in [4.78, 5) is 25.6. The molecule has 8 heteroatoms. The first-order valence-electron chi connectivity index (χ1n) is 9.19. The van der Waals surface area contributed by atoms with E-state index in [1.165, 1.54) is 22.2 Å². The Bertz CT molecular complexity index is 860. The lowest BCUT2D eigenvalue weighted by molar-refractivity contribution is -0.130. The molecule has 1 aliphatic carbocycles. The number of carbonyl (C=O) groups excluding carboxylic acids is 2. The van der Waals surface area contributed by atoms with Crippen LogP contribution in [0.3, 0.4) is 0 Å². The predicted molar refractivity (Wildman–Crippen MR) is 103 cm³/mol. The van der Waals surface area contributed by atoms with Gasteiger partial charge >= 0.3 is 6.03 Å². The zero-order valence-electron chi connectivity index (χ0n) is 15.5. The second kappa shape index (κ2) is 6.99. The van der Waals surface area contributed by atoms with Crippen LogP contribution in [-0.4, -0.2) is 49.4 Å². The molecule has 0 radical (unpaired) electrons. The van der Waals surface area contributed by atoms with Gasteiger partial charge in [-0.15, -0.1) is 10.2 Å². The highest BCUT2D eigenvalue weighted by molar-refractivity contribution is 7.99. The topological polar surface area (TPSA) is 80.1 Å². The first-order valence-corrected chi connectivity index (χ1v) is 10.2. The molecular formula is C19H23N5O2S. The molecular weight excluding hydrogens is 362 g/mol. The summed E-state index contributed by atoms with van der Waals surface area (Å²) in [6.07, 6.45) is 2.32. The first-order chi connectivity index (χ1) is 13.0. The highest BCUT2D eigenvalue weighted by Gasteiger charge is 2.43. The van der Waals surface area contributed by atoms with Gasteiger partial charge in [0.25, 0.3) is 5.91 Å². The average molecular weight is 385 g/mol.